The third-order valence-electron chi connectivity index (χ3n) is 1.49. The number of rotatable bonds is 3. The maximum Gasteiger partial charge on any atom is 0.308 e. The first-order valence-electron chi connectivity index (χ1n) is 3.90. The quantitative estimate of drug-likeness (QED) is 0.279. The second kappa shape index (κ2) is 10.9. The summed E-state index contributed by atoms with van der Waals surface area (Å²) in [5, 5.41) is 0. The molecule has 7 heteroatoms. The van der Waals surface area contributed by atoms with Crippen LogP contribution in [0, 0.1) is 6.10 Å². The fourth-order valence-electron chi connectivity index (χ4n) is 0.922. The third kappa shape index (κ3) is 6.96. The molecular weight excluding hydrogens is 370 g/mol. The van der Waals surface area contributed by atoms with E-state index in [0.29, 0.717) is 18.0 Å². The topological polar surface area (TPSA) is 52.6 Å². The molecule has 0 saturated heterocycles. The Labute approximate surface area is 131 Å². The maximum atomic E-state index is 10.7. The first-order valence-corrected chi connectivity index (χ1v) is 3.90. The predicted molar refractivity (Wildman–Crippen MR) is 53.5 cm³/mol. The number of aldehydes is 1. The Hall–Kier alpha value is -0.190. The molecule has 4 radical (unpaired) electrons. The van der Waals surface area contributed by atoms with Gasteiger partial charge >= 0.3 is 5.97 Å². The van der Waals surface area contributed by atoms with E-state index in [1.807, 2.05) is 0 Å². The van der Waals surface area contributed by atoms with Crippen molar-refractivity contribution in [1.29, 1.82) is 0 Å². The molecule has 0 aromatic heterocycles. The van der Waals surface area contributed by atoms with Crippen molar-refractivity contribution >= 4 is 38.1 Å². The molecule has 0 bridgehead atoms. The normalized spacial score (nSPS) is 13.1. The average Bonchev–Trinajstić information content (AvgIpc) is 2.17. The van der Waals surface area contributed by atoms with Crippen LogP contribution in [0.5, 0.6) is 0 Å². The monoisotopic (exact) mass is 378 g/mol. The Kier molecular flexibility index (Phi) is 14.2. The Morgan fingerprint density at radius 1 is 1.41 bits per heavy atom. The van der Waals surface area contributed by atoms with Gasteiger partial charge in [0.15, 0.2) is 11.9 Å². The SMILES string of the molecule is CO[C]1C=C(C=O)C=C=C1OC(C)=O.[Cl-].[Cl-].[In]. The van der Waals surface area contributed by atoms with Gasteiger partial charge in [0.2, 0.25) is 0 Å². The molecule has 17 heavy (non-hydrogen) atoms. The molecule has 0 aromatic carbocycles. The fourth-order valence-corrected chi connectivity index (χ4v) is 0.922. The summed E-state index contributed by atoms with van der Waals surface area (Å²) in [7, 11) is 1.42. The van der Waals surface area contributed by atoms with E-state index >= 15 is 0 Å². The molecule has 0 atom stereocenters. The molecule has 0 N–H and O–H groups in total. The van der Waals surface area contributed by atoms with Crippen LogP contribution in [0.4, 0.5) is 0 Å². The van der Waals surface area contributed by atoms with E-state index in [1.54, 1.807) is 0 Å². The molecule has 92 valence electrons. The van der Waals surface area contributed by atoms with E-state index in [9.17, 15) is 9.59 Å². The zero-order valence-corrected chi connectivity index (χ0v) is 14.0. The number of hydrogen-bond donors (Lipinski definition) is 0. The first kappa shape index (κ1) is 22.0. The largest absolute Gasteiger partial charge is 1.00 e. The second-order valence-electron chi connectivity index (χ2n) is 2.54. The molecule has 0 aliphatic heterocycles. The summed E-state index contributed by atoms with van der Waals surface area (Å²) < 4.78 is 9.72. The third-order valence-corrected chi connectivity index (χ3v) is 1.49. The van der Waals surface area contributed by atoms with Crippen LogP contribution in [-0.2, 0) is 19.1 Å². The Morgan fingerprint density at radius 3 is 2.41 bits per heavy atom. The number of methoxy groups -OCH3 is 1. The average molecular weight is 379 g/mol. The standard InChI is InChI=1S/C10H9O4.2ClH.In/c1-7(12)14-9-4-3-8(6-11)5-10(9)13-2;;;/h3,5-6H,1-2H3;2*1H;/p-2. The van der Waals surface area contributed by atoms with E-state index in [-0.39, 0.29) is 56.4 Å². The molecule has 0 spiro atoms. The summed E-state index contributed by atoms with van der Waals surface area (Å²) in [6.07, 6.45) is 3.87. The zero-order valence-electron chi connectivity index (χ0n) is 9.20. The van der Waals surface area contributed by atoms with Gasteiger partial charge in [0.1, 0.15) is 6.29 Å². The van der Waals surface area contributed by atoms with Crippen molar-refractivity contribution in [3.05, 3.63) is 35.3 Å². The molecule has 4 nitrogen and oxygen atoms in total. The molecule has 0 amide bonds. The van der Waals surface area contributed by atoms with Crippen molar-refractivity contribution in [3.63, 3.8) is 0 Å². The number of halogens is 2. The van der Waals surface area contributed by atoms with E-state index in [0.717, 1.165) is 0 Å². The van der Waals surface area contributed by atoms with E-state index < -0.39 is 5.97 Å². The van der Waals surface area contributed by atoms with Gasteiger partial charge in [-0.25, -0.2) is 0 Å². The molecule has 0 unspecified atom stereocenters. The summed E-state index contributed by atoms with van der Waals surface area (Å²) in [6, 6.07) is 0. The summed E-state index contributed by atoms with van der Waals surface area (Å²) in [5.41, 5.74) is 3.05. The van der Waals surface area contributed by atoms with Crippen molar-refractivity contribution in [2.45, 2.75) is 6.92 Å². The number of carbonyl (C=O) groups excluding carboxylic acids is 2. The van der Waals surface area contributed by atoms with Crippen LogP contribution in [-0.4, -0.2) is 45.2 Å². The van der Waals surface area contributed by atoms with Crippen molar-refractivity contribution < 1.29 is 43.9 Å². The molecular formula is C10H9Cl2InO4-2. The van der Waals surface area contributed by atoms with Gasteiger partial charge in [0.05, 0.1) is 0 Å². The number of carbonyl (C=O) groups is 2. The van der Waals surface area contributed by atoms with Gasteiger partial charge < -0.3 is 34.3 Å². The van der Waals surface area contributed by atoms with Crippen LogP contribution in [0.25, 0.3) is 0 Å². The van der Waals surface area contributed by atoms with E-state index in [2.05, 4.69) is 5.73 Å². The Morgan fingerprint density at radius 2 is 2.00 bits per heavy atom. The molecule has 1 rings (SSSR count). The molecule has 1 aliphatic carbocycles. The van der Waals surface area contributed by atoms with Gasteiger partial charge in [-0.05, 0) is 12.2 Å². The van der Waals surface area contributed by atoms with E-state index in [1.165, 1.54) is 26.2 Å². The van der Waals surface area contributed by atoms with E-state index in [4.69, 9.17) is 9.47 Å². The van der Waals surface area contributed by atoms with Gasteiger partial charge in [-0.2, -0.15) is 0 Å². The van der Waals surface area contributed by atoms with Crippen LogP contribution >= 0.6 is 0 Å². The summed E-state index contributed by atoms with van der Waals surface area (Å²) in [4.78, 5) is 21.1. The van der Waals surface area contributed by atoms with Crippen LogP contribution in [0.15, 0.2) is 29.2 Å². The predicted octanol–water partition coefficient (Wildman–Crippen LogP) is -5.47. The summed E-state index contributed by atoms with van der Waals surface area (Å²) >= 11 is 0. The fraction of sp³-hybridized carbons (Fsp3) is 0.200. The Balaban J connectivity index is -0.000000653. The minimum atomic E-state index is -0.460. The molecule has 1 aliphatic rings. The van der Waals surface area contributed by atoms with Gasteiger partial charge in [0.25, 0.3) is 0 Å². The molecule has 0 saturated carbocycles. The summed E-state index contributed by atoms with van der Waals surface area (Å²) in [5.74, 6) is -0.274. The molecule has 0 fully saturated rings. The van der Waals surface area contributed by atoms with Crippen molar-refractivity contribution in [2.75, 3.05) is 7.11 Å². The minimum absolute atomic E-state index is 0. The van der Waals surface area contributed by atoms with Crippen molar-refractivity contribution in [3.8, 4) is 0 Å². The first-order chi connectivity index (χ1) is 6.67. The smallest absolute Gasteiger partial charge is 0.308 e. The van der Waals surface area contributed by atoms with Gasteiger partial charge in [-0.1, -0.05) is 5.73 Å². The van der Waals surface area contributed by atoms with Crippen LogP contribution < -0.4 is 24.8 Å². The molecule has 0 aromatic rings. The number of hydrogen-bond acceptors (Lipinski definition) is 4. The van der Waals surface area contributed by atoms with Gasteiger partial charge in [-0.3, -0.25) is 9.59 Å². The second-order valence-corrected chi connectivity index (χ2v) is 2.54. The van der Waals surface area contributed by atoms with Crippen LogP contribution in [0.1, 0.15) is 6.92 Å². The number of allylic oxidation sites excluding steroid dienone is 1. The van der Waals surface area contributed by atoms with Crippen molar-refractivity contribution in [1.82, 2.24) is 0 Å². The minimum Gasteiger partial charge on any atom is -1.00 e. The van der Waals surface area contributed by atoms with Crippen LogP contribution in [0.3, 0.4) is 0 Å². The van der Waals surface area contributed by atoms with Gasteiger partial charge in [-0.15, -0.1) is 0 Å². The van der Waals surface area contributed by atoms with Crippen molar-refractivity contribution in [2.24, 2.45) is 0 Å². The van der Waals surface area contributed by atoms with Gasteiger partial charge in [0, 0.05) is 45.4 Å². The maximum absolute atomic E-state index is 10.7. The molecule has 0 heterocycles. The van der Waals surface area contributed by atoms with Crippen LogP contribution in [0.2, 0.25) is 0 Å². The Bertz CT molecular complexity index is 359. The number of ether oxygens (including phenoxy) is 2. The zero-order chi connectivity index (χ0) is 10.6. The summed E-state index contributed by atoms with van der Waals surface area (Å²) in [6.45, 7) is 1.28. The number of esters is 1.